The van der Waals surface area contributed by atoms with Crippen LogP contribution in [-0.2, 0) is 17.6 Å². The van der Waals surface area contributed by atoms with Crippen LogP contribution in [0.25, 0.3) is 0 Å². The van der Waals surface area contributed by atoms with Crippen molar-refractivity contribution in [1.82, 2.24) is 5.43 Å². The maximum absolute atomic E-state index is 5.67. The van der Waals surface area contributed by atoms with Gasteiger partial charge in [0.2, 0.25) is 0 Å². The van der Waals surface area contributed by atoms with Gasteiger partial charge in [0.15, 0.2) is 0 Å². The van der Waals surface area contributed by atoms with Crippen LogP contribution in [0.2, 0.25) is 0 Å². The van der Waals surface area contributed by atoms with Gasteiger partial charge in [0, 0.05) is 19.1 Å². The van der Waals surface area contributed by atoms with Gasteiger partial charge in [-0.3, -0.25) is 0 Å². The zero-order valence-corrected chi connectivity index (χ0v) is 11.3. The summed E-state index contributed by atoms with van der Waals surface area (Å²) < 4.78 is 5.37. The van der Waals surface area contributed by atoms with E-state index in [4.69, 9.17) is 10.5 Å². The largest absolute Gasteiger partial charge is 0.463 e. The van der Waals surface area contributed by atoms with Crippen molar-refractivity contribution in [1.29, 1.82) is 0 Å². The lowest BCUT2D eigenvalue weighted by molar-refractivity contribution is 0.235. The van der Waals surface area contributed by atoms with Crippen molar-refractivity contribution in [2.45, 2.75) is 37.3 Å². The van der Waals surface area contributed by atoms with Gasteiger partial charge in [0.1, 0.15) is 12.1 Å². The second-order valence-corrected chi connectivity index (χ2v) is 5.90. The summed E-state index contributed by atoms with van der Waals surface area (Å²) in [6.45, 7) is 0.623. The van der Waals surface area contributed by atoms with Gasteiger partial charge in [-0.2, -0.15) is 5.10 Å². The van der Waals surface area contributed by atoms with Crippen molar-refractivity contribution in [3.05, 3.63) is 34.9 Å². The number of nitrogens with one attached hydrogen (secondary N) is 1. The predicted molar refractivity (Wildman–Crippen MR) is 77.8 cm³/mol. The van der Waals surface area contributed by atoms with E-state index in [0.717, 1.165) is 25.7 Å². The Morgan fingerprint density at radius 3 is 3.05 bits per heavy atom. The minimum Gasteiger partial charge on any atom is -0.463 e. The van der Waals surface area contributed by atoms with E-state index in [1.165, 1.54) is 16.7 Å². The Labute approximate surface area is 117 Å². The third-order valence-electron chi connectivity index (χ3n) is 4.51. The molecule has 1 aliphatic carbocycles. The standard InChI is InChI=1S/C15H18N4O/c16-14-18-15(9-20-14)5-3-10-7-11(1-2-12(10)8-15)13-4-6-17-19-13/h1-2,6-7,13,19H,3-5,8-9H2,(H2,16,18). The molecule has 0 amide bonds. The number of amidine groups is 1. The van der Waals surface area contributed by atoms with Crippen LogP contribution in [0.1, 0.15) is 35.6 Å². The van der Waals surface area contributed by atoms with Crippen LogP contribution in [0, 0.1) is 0 Å². The Balaban J connectivity index is 1.61. The van der Waals surface area contributed by atoms with E-state index in [-0.39, 0.29) is 5.54 Å². The molecule has 0 radical (unpaired) electrons. The first-order chi connectivity index (χ1) is 9.74. The minimum absolute atomic E-state index is 0.118. The summed E-state index contributed by atoms with van der Waals surface area (Å²) in [6.07, 6.45) is 5.89. The number of nitrogens with two attached hydrogens (primary N) is 1. The molecule has 2 heterocycles. The van der Waals surface area contributed by atoms with Crippen molar-refractivity contribution < 1.29 is 4.74 Å². The molecule has 0 fully saturated rings. The molecule has 0 aromatic heterocycles. The molecule has 2 unspecified atom stereocenters. The number of hydrogen-bond acceptors (Lipinski definition) is 5. The van der Waals surface area contributed by atoms with E-state index in [2.05, 4.69) is 33.7 Å². The lowest BCUT2D eigenvalue weighted by atomic mass is 9.78. The van der Waals surface area contributed by atoms with Gasteiger partial charge in [-0.25, -0.2) is 4.99 Å². The number of fused-ring (bicyclic) bond motifs is 1. The van der Waals surface area contributed by atoms with E-state index in [1.807, 2.05) is 6.21 Å². The second kappa shape index (κ2) is 4.23. The molecule has 2 aliphatic heterocycles. The van der Waals surface area contributed by atoms with Crippen LogP contribution in [0.4, 0.5) is 0 Å². The number of hydrogen-bond donors (Lipinski definition) is 2. The first-order valence-electron chi connectivity index (χ1n) is 7.11. The fraction of sp³-hybridized carbons (Fsp3) is 0.467. The molecular formula is C15H18N4O. The molecule has 0 saturated heterocycles. The van der Waals surface area contributed by atoms with Gasteiger partial charge in [-0.15, -0.1) is 0 Å². The van der Waals surface area contributed by atoms with E-state index < -0.39 is 0 Å². The van der Waals surface area contributed by atoms with Crippen LogP contribution in [-0.4, -0.2) is 24.4 Å². The zero-order chi connectivity index (χ0) is 13.6. The summed E-state index contributed by atoms with van der Waals surface area (Å²) in [4.78, 5) is 4.52. The quantitative estimate of drug-likeness (QED) is 0.807. The molecule has 3 aliphatic rings. The molecule has 1 aromatic rings. The van der Waals surface area contributed by atoms with Crippen LogP contribution in [0.15, 0.2) is 28.3 Å². The van der Waals surface area contributed by atoms with Gasteiger partial charge in [-0.1, -0.05) is 18.2 Å². The number of hydrazone groups is 1. The topological polar surface area (TPSA) is 72.0 Å². The number of benzene rings is 1. The number of aliphatic imine (C=N–C) groups is 1. The Morgan fingerprint density at radius 2 is 2.30 bits per heavy atom. The number of ether oxygens (including phenoxy) is 1. The van der Waals surface area contributed by atoms with Crippen molar-refractivity contribution in [3.8, 4) is 0 Å². The molecular weight excluding hydrogens is 252 g/mol. The molecule has 1 spiro atoms. The van der Waals surface area contributed by atoms with E-state index in [9.17, 15) is 0 Å². The summed E-state index contributed by atoms with van der Waals surface area (Å²) in [5.41, 5.74) is 12.8. The van der Waals surface area contributed by atoms with Gasteiger partial charge in [-0.05, 0) is 29.5 Å². The highest BCUT2D eigenvalue weighted by atomic mass is 16.5. The minimum atomic E-state index is -0.118. The molecule has 5 nitrogen and oxygen atoms in total. The second-order valence-electron chi connectivity index (χ2n) is 5.90. The first-order valence-corrected chi connectivity index (χ1v) is 7.11. The Kier molecular flexibility index (Phi) is 2.49. The zero-order valence-electron chi connectivity index (χ0n) is 11.3. The van der Waals surface area contributed by atoms with Crippen molar-refractivity contribution in [3.63, 3.8) is 0 Å². The van der Waals surface area contributed by atoms with Crippen LogP contribution in [0.3, 0.4) is 0 Å². The highest BCUT2D eigenvalue weighted by Gasteiger charge is 2.39. The maximum atomic E-state index is 5.67. The normalized spacial score (nSPS) is 30.8. The summed E-state index contributed by atoms with van der Waals surface area (Å²) >= 11 is 0. The third-order valence-corrected chi connectivity index (χ3v) is 4.51. The fourth-order valence-corrected chi connectivity index (χ4v) is 3.37. The average Bonchev–Trinajstić information content (AvgIpc) is 3.09. The van der Waals surface area contributed by atoms with Gasteiger partial charge >= 0.3 is 0 Å². The average molecular weight is 270 g/mol. The molecule has 20 heavy (non-hydrogen) atoms. The fourth-order valence-electron chi connectivity index (χ4n) is 3.37. The van der Waals surface area contributed by atoms with Crippen LogP contribution < -0.4 is 11.2 Å². The molecule has 0 bridgehead atoms. The summed E-state index contributed by atoms with van der Waals surface area (Å²) in [5.74, 6) is 0. The molecule has 3 N–H and O–H groups in total. The van der Waals surface area contributed by atoms with Crippen molar-refractivity contribution in [2.24, 2.45) is 15.8 Å². The third kappa shape index (κ3) is 1.85. The Morgan fingerprint density at radius 1 is 1.35 bits per heavy atom. The maximum Gasteiger partial charge on any atom is 0.282 e. The first kappa shape index (κ1) is 11.8. The van der Waals surface area contributed by atoms with Gasteiger partial charge in [0.05, 0.1) is 6.04 Å². The van der Waals surface area contributed by atoms with Gasteiger partial charge < -0.3 is 15.9 Å². The number of rotatable bonds is 1. The highest BCUT2D eigenvalue weighted by molar-refractivity contribution is 5.74. The van der Waals surface area contributed by atoms with Gasteiger partial charge in [0.25, 0.3) is 6.02 Å². The molecule has 1 aromatic carbocycles. The molecule has 2 atom stereocenters. The SMILES string of the molecule is NC1=NC2(CCc3cc(C4CC=NN4)ccc3C2)CO1. The molecule has 0 saturated carbocycles. The van der Waals surface area contributed by atoms with E-state index in [1.54, 1.807) is 0 Å². The van der Waals surface area contributed by atoms with E-state index >= 15 is 0 Å². The predicted octanol–water partition coefficient (Wildman–Crippen LogP) is 1.28. The smallest absolute Gasteiger partial charge is 0.282 e. The van der Waals surface area contributed by atoms with Crippen LogP contribution in [0.5, 0.6) is 0 Å². The highest BCUT2D eigenvalue weighted by Crippen LogP contribution is 2.35. The molecule has 4 rings (SSSR count). The Hall–Kier alpha value is -2.04. The number of nitrogens with zero attached hydrogens (tertiary/aromatic N) is 2. The molecule has 5 heteroatoms. The van der Waals surface area contributed by atoms with Crippen molar-refractivity contribution in [2.75, 3.05) is 6.61 Å². The van der Waals surface area contributed by atoms with E-state index in [0.29, 0.717) is 18.7 Å². The molecule has 104 valence electrons. The lowest BCUT2D eigenvalue weighted by Crippen LogP contribution is -2.35. The Bertz CT molecular complexity index is 602. The summed E-state index contributed by atoms with van der Waals surface area (Å²) in [6, 6.07) is 7.43. The summed E-state index contributed by atoms with van der Waals surface area (Å²) in [7, 11) is 0. The summed E-state index contributed by atoms with van der Waals surface area (Å²) in [5, 5.41) is 4.10. The number of aryl methyl sites for hydroxylation is 1. The van der Waals surface area contributed by atoms with Crippen molar-refractivity contribution >= 4 is 12.2 Å². The lowest BCUT2D eigenvalue weighted by Gasteiger charge is -2.30. The monoisotopic (exact) mass is 270 g/mol. The van der Waals surface area contributed by atoms with Crippen LogP contribution >= 0.6 is 0 Å².